The molecule has 0 unspecified atom stereocenters. The molecule has 9 aromatic rings. The van der Waals surface area contributed by atoms with E-state index in [1.54, 1.807) is 97.1 Å². The van der Waals surface area contributed by atoms with Crippen LogP contribution in [0.4, 0.5) is 68.2 Å². The number of nitrogens with zero attached hydrogens (tertiary/aromatic N) is 6. The summed E-state index contributed by atoms with van der Waals surface area (Å²) in [6.07, 6.45) is 0. The molecule has 0 N–H and O–H groups in total. The average molecular weight is 1070 g/mol. The fourth-order valence-electron chi connectivity index (χ4n) is 8.13. The molecule has 0 aromatic heterocycles. The van der Waals surface area contributed by atoms with Crippen molar-refractivity contribution >= 4 is 161 Å². The van der Waals surface area contributed by atoms with E-state index < -0.39 is 0 Å². The van der Waals surface area contributed by atoms with Crippen LogP contribution in [0.1, 0.15) is 11.1 Å². The summed E-state index contributed by atoms with van der Waals surface area (Å²) < 4.78 is 0. The highest BCUT2D eigenvalue weighted by molar-refractivity contribution is 6.33. The van der Waals surface area contributed by atoms with Crippen LogP contribution in [-0.4, -0.2) is 0 Å². The lowest BCUT2D eigenvalue weighted by Gasteiger charge is -2.40. The Labute approximate surface area is 445 Å². The zero-order valence-electron chi connectivity index (χ0n) is 36.2. The van der Waals surface area contributed by atoms with Gasteiger partial charge in [-0.1, -0.05) is 92.8 Å². The summed E-state index contributed by atoms with van der Waals surface area (Å²) in [5.74, 6) is 0. The fourth-order valence-corrected chi connectivity index (χ4v) is 9.14. The molecule has 0 aliphatic carbocycles. The third-order valence-electron chi connectivity index (χ3n) is 11.2. The number of hydrogen-bond donors (Lipinski definition) is 0. The molecule has 0 fully saturated rings. The minimum atomic E-state index is 0.0881. The van der Waals surface area contributed by atoms with E-state index >= 15 is 0 Å². The van der Waals surface area contributed by atoms with Gasteiger partial charge in [-0.3, -0.25) is 0 Å². The smallest absolute Gasteiger partial charge is 0.104 e. The molecule has 0 aliphatic rings. The van der Waals surface area contributed by atoms with E-state index in [9.17, 15) is 10.5 Å². The van der Waals surface area contributed by atoms with Gasteiger partial charge in [0.25, 0.3) is 0 Å². The Morgan fingerprint density at radius 1 is 0.214 bits per heavy atom. The molecular weight excluding hydrogens is 1040 g/mol. The van der Waals surface area contributed by atoms with Crippen molar-refractivity contribution in [2.75, 3.05) is 19.6 Å². The first-order chi connectivity index (χ1) is 33.9. The maximum atomic E-state index is 12.2. The predicted molar refractivity (Wildman–Crippen MR) is 295 cm³/mol. The summed E-state index contributed by atoms with van der Waals surface area (Å²) >= 11 is 53.0. The summed E-state index contributed by atoms with van der Waals surface area (Å²) in [5, 5.41) is 28.3. The highest BCUT2D eigenvalue weighted by Crippen LogP contribution is 2.60. The third kappa shape index (κ3) is 10.1. The minimum Gasteiger partial charge on any atom is -0.308 e. The lowest BCUT2D eigenvalue weighted by Crippen LogP contribution is -2.25. The van der Waals surface area contributed by atoms with Gasteiger partial charge in [-0.05, 0) is 194 Å². The summed E-state index contributed by atoms with van der Waals surface area (Å²) in [6, 6.07) is 63.2. The predicted octanol–water partition coefficient (Wildman–Crippen LogP) is 20.5. The molecule has 9 aromatic carbocycles. The van der Waals surface area contributed by atoms with Crippen molar-refractivity contribution < 1.29 is 0 Å². The molecular formula is C56H32Cl8N6. The van der Waals surface area contributed by atoms with E-state index in [0.29, 0.717) is 103 Å². The van der Waals surface area contributed by atoms with E-state index in [-0.39, 0.29) is 16.8 Å². The second kappa shape index (κ2) is 21.2. The molecule has 14 heteroatoms. The summed E-state index contributed by atoms with van der Waals surface area (Å²) in [4.78, 5) is 7.75. The van der Waals surface area contributed by atoms with Gasteiger partial charge in [0.2, 0.25) is 0 Å². The fraction of sp³-hybridized carbons (Fsp3) is 0. The van der Waals surface area contributed by atoms with E-state index in [1.807, 2.05) is 117 Å². The summed E-state index contributed by atoms with van der Waals surface area (Å²) in [6.45, 7) is 0. The van der Waals surface area contributed by atoms with Crippen LogP contribution in [0.15, 0.2) is 194 Å². The largest absolute Gasteiger partial charge is 0.308 e. The minimum absolute atomic E-state index is 0.0881. The number of hydrogen-bond acceptors (Lipinski definition) is 6. The van der Waals surface area contributed by atoms with Crippen molar-refractivity contribution in [1.82, 2.24) is 0 Å². The van der Waals surface area contributed by atoms with Gasteiger partial charge in [-0.2, -0.15) is 10.5 Å². The SMILES string of the molecule is N#Cc1c(N(c2ccc(Cl)cc2)c2ccc(Cl)cc2)c(C#N)c(N(c2ccc(Cl)cc2)c2ccc(Cl)cc2)c(N(c2ccc(Cl)cc2)c2ccc(Cl)cc2)c1N(c1ccc(Cl)cc1)c1ccc(Cl)cc1. The molecule has 0 saturated carbocycles. The lowest BCUT2D eigenvalue weighted by atomic mass is 9.94. The first-order valence-electron chi connectivity index (χ1n) is 21.2. The van der Waals surface area contributed by atoms with Gasteiger partial charge in [0, 0.05) is 85.7 Å². The summed E-state index contributed by atoms with van der Waals surface area (Å²) in [7, 11) is 0. The van der Waals surface area contributed by atoms with Crippen LogP contribution in [0.2, 0.25) is 40.2 Å². The van der Waals surface area contributed by atoms with Crippen molar-refractivity contribution in [2.24, 2.45) is 0 Å². The Hall–Kier alpha value is -6.52. The van der Waals surface area contributed by atoms with Crippen LogP contribution >= 0.6 is 92.8 Å². The molecule has 0 heterocycles. The number of nitriles is 2. The van der Waals surface area contributed by atoms with Crippen molar-refractivity contribution in [3.63, 3.8) is 0 Å². The van der Waals surface area contributed by atoms with Crippen molar-refractivity contribution in [2.45, 2.75) is 0 Å². The maximum absolute atomic E-state index is 12.2. The standard InChI is InChI=1S/C56H32Cl8N6/c57-35-1-17-43(18-2-35)67(44-19-3-36(58)4-20-44)53-51(33-65)54(68(45-21-5-37(59)6-22-45)46-23-7-38(60)8-24-46)56(70(49-29-13-41(63)14-30-49)50-31-15-42(64)16-32-50)55(52(53)34-66)69(47-25-9-39(61)10-26-47)48-27-11-40(62)12-28-48/h1-32H. The summed E-state index contributed by atoms with van der Waals surface area (Å²) in [5.41, 5.74) is 6.23. The Bertz CT molecular complexity index is 3080. The van der Waals surface area contributed by atoms with Gasteiger partial charge in [0.1, 0.15) is 23.3 Å². The molecule has 6 nitrogen and oxygen atoms in total. The molecule has 0 bridgehead atoms. The van der Waals surface area contributed by atoms with Gasteiger partial charge in [-0.25, -0.2) is 0 Å². The molecule has 0 amide bonds. The van der Waals surface area contributed by atoms with Crippen molar-refractivity contribution in [3.05, 3.63) is 245 Å². The zero-order valence-corrected chi connectivity index (χ0v) is 42.2. The molecule has 0 saturated heterocycles. The monoisotopic (exact) mass is 1070 g/mol. The normalized spacial score (nSPS) is 10.8. The van der Waals surface area contributed by atoms with E-state index in [0.717, 1.165) is 0 Å². The van der Waals surface area contributed by atoms with Gasteiger partial charge < -0.3 is 19.6 Å². The average Bonchev–Trinajstić information content (AvgIpc) is 3.37. The van der Waals surface area contributed by atoms with E-state index in [2.05, 4.69) is 12.1 Å². The zero-order chi connectivity index (χ0) is 49.1. The van der Waals surface area contributed by atoms with E-state index in [1.165, 1.54) is 0 Å². The Morgan fingerprint density at radius 2 is 0.357 bits per heavy atom. The van der Waals surface area contributed by atoms with Gasteiger partial charge in [0.05, 0.1) is 22.7 Å². The van der Waals surface area contributed by atoms with Crippen LogP contribution in [0, 0.1) is 22.7 Å². The second-order valence-corrected chi connectivity index (χ2v) is 19.0. The molecule has 0 aliphatic heterocycles. The maximum Gasteiger partial charge on any atom is 0.104 e. The Balaban J connectivity index is 1.61. The quantitative estimate of drug-likeness (QED) is 0.121. The van der Waals surface area contributed by atoms with E-state index in [4.69, 9.17) is 92.8 Å². The van der Waals surface area contributed by atoms with Crippen LogP contribution < -0.4 is 19.6 Å². The van der Waals surface area contributed by atoms with Crippen molar-refractivity contribution in [3.8, 4) is 12.1 Å². The van der Waals surface area contributed by atoms with Gasteiger partial charge in [-0.15, -0.1) is 0 Å². The number of rotatable bonds is 12. The molecule has 9 rings (SSSR count). The number of halogens is 8. The number of anilines is 12. The molecule has 0 radical (unpaired) electrons. The Kier molecular flexibility index (Phi) is 14.7. The molecule has 0 spiro atoms. The first-order valence-corrected chi connectivity index (χ1v) is 24.2. The highest BCUT2D eigenvalue weighted by Gasteiger charge is 2.38. The lowest BCUT2D eigenvalue weighted by molar-refractivity contribution is 1.16. The van der Waals surface area contributed by atoms with Crippen LogP contribution in [0.25, 0.3) is 0 Å². The highest BCUT2D eigenvalue weighted by atomic mass is 35.5. The molecule has 0 atom stereocenters. The second-order valence-electron chi connectivity index (χ2n) is 15.5. The van der Waals surface area contributed by atoms with Gasteiger partial charge >= 0.3 is 0 Å². The van der Waals surface area contributed by atoms with Gasteiger partial charge in [0.15, 0.2) is 0 Å². The molecule has 70 heavy (non-hydrogen) atoms. The van der Waals surface area contributed by atoms with Crippen LogP contribution in [0.5, 0.6) is 0 Å². The van der Waals surface area contributed by atoms with Crippen LogP contribution in [-0.2, 0) is 0 Å². The van der Waals surface area contributed by atoms with Crippen molar-refractivity contribution in [1.29, 1.82) is 10.5 Å². The topological polar surface area (TPSA) is 60.5 Å². The third-order valence-corrected chi connectivity index (χ3v) is 13.2. The first kappa shape index (κ1) is 48.5. The van der Waals surface area contributed by atoms with Crippen LogP contribution in [0.3, 0.4) is 0 Å². The number of benzene rings is 9. The molecule has 342 valence electrons. The Morgan fingerprint density at radius 3 is 0.514 bits per heavy atom.